The Labute approximate surface area is 187 Å². The third-order valence-corrected chi connectivity index (χ3v) is 5.78. The molecule has 0 fully saturated rings. The standard InChI is InChI=1S/C24H29N3O3S/c1-15-10-16(2)22(17(3)11-15)19-14-31-24(25-19)26-21(28)13-27(4)12-18-8-7-9-20(29-5)23(18)30-6/h7-11,14H,12-13H2,1-6H3,(H,25,26,28). The number of aryl methyl sites for hydroxylation is 3. The summed E-state index contributed by atoms with van der Waals surface area (Å²) in [4.78, 5) is 19.1. The first-order valence-corrected chi connectivity index (χ1v) is 10.9. The number of nitrogens with one attached hydrogen (secondary N) is 1. The largest absolute Gasteiger partial charge is 0.493 e. The molecule has 1 N–H and O–H groups in total. The van der Waals surface area contributed by atoms with E-state index in [1.54, 1.807) is 14.2 Å². The Morgan fingerprint density at radius 1 is 1.13 bits per heavy atom. The van der Waals surface area contributed by atoms with Gasteiger partial charge in [0.2, 0.25) is 5.91 Å². The fraction of sp³-hybridized carbons (Fsp3) is 0.333. The first kappa shape index (κ1) is 22.8. The highest BCUT2D eigenvalue weighted by molar-refractivity contribution is 7.14. The SMILES string of the molecule is COc1cccc(CN(C)CC(=O)Nc2nc(-c3c(C)cc(C)cc3C)cs2)c1OC. The van der Waals surface area contributed by atoms with Gasteiger partial charge in [0.1, 0.15) is 0 Å². The lowest BCUT2D eigenvalue weighted by Gasteiger charge is -2.19. The van der Waals surface area contributed by atoms with Crippen molar-refractivity contribution in [2.75, 3.05) is 33.1 Å². The van der Waals surface area contributed by atoms with E-state index in [0.717, 1.165) is 16.8 Å². The van der Waals surface area contributed by atoms with Gasteiger partial charge in [-0.15, -0.1) is 11.3 Å². The molecule has 7 heteroatoms. The van der Waals surface area contributed by atoms with Crippen molar-refractivity contribution < 1.29 is 14.3 Å². The van der Waals surface area contributed by atoms with Crippen molar-refractivity contribution in [2.24, 2.45) is 0 Å². The second-order valence-corrected chi connectivity index (χ2v) is 8.54. The van der Waals surface area contributed by atoms with Gasteiger partial charge in [-0.05, 0) is 45.0 Å². The maximum absolute atomic E-state index is 12.6. The van der Waals surface area contributed by atoms with Crippen molar-refractivity contribution >= 4 is 22.4 Å². The summed E-state index contributed by atoms with van der Waals surface area (Å²) < 4.78 is 10.8. The molecule has 1 amide bonds. The van der Waals surface area contributed by atoms with Gasteiger partial charge in [0.15, 0.2) is 16.6 Å². The van der Waals surface area contributed by atoms with Gasteiger partial charge in [0, 0.05) is 23.1 Å². The maximum Gasteiger partial charge on any atom is 0.240 e. The lowest BCUT2D eigenvalue weighted by atomic mass is 9.98. The van der Waals surface area contributed by atoms with E-state index < -0.39 is 0 Å². The summed E-state index contributed by atoms with van der Waals surface area (Å²) in [5.74, 6) is 1.25. The van der Waals surface area contributed by atoms with Gasteiger partial charge < -0.3 is 14.8 Å². The first-order valence-electron chi connectivity index (χ1n) is 10.0. The van der Waals surface area contributed by atoms with Crippen LogP contribution >= 0.6 is 11.3 Å². The highest BCUT2D eigenvalue weighted by Crippen LogP contribution is 2.32. The molecule has 0 spiro atoms. The van der Waals surface area contributed by atoms with E-state index in [1.165, 1.54) is 28.0 Å². The zero-order valence-electron chi connectivity index (χ0n) is 18.9. The lowest BCUT2D eigenvalue weighted by Crippen LogP contribution is -2.30. The number of hydrogen-bond donors (Lipinski definition) is 1. The molecule has 0 atom stereocenters. The third kappa shape index (κ3) is 5.42. The number of carbonyl (C=O) groups excluding carboxylic acids is 1. The second-order valence-electron chi connectivity index (χ2n) is 7.68. The fourth-order valence-corrected chi connectivity index (χ4v) is 4.58. The van der Waals surface area contributed by atoms with Crippen LogP contribution in [-0.2, 0) is 11.3 Å². The van der Waals surface area contributed by atoms with Crippen molar-refractivity contribution in [3.05, 3.63) is 58.0 Å². The van der Waals surface area contributed by atoms with Crippen LogP contribution in [0.3, 0.4) is 0 Å². The van der Waals surface area contributed by atoms with E-state index in [1.807, 2.05) is 35.5 Å². The van der Waals surface area contributed by atoms with Crippen LogP contribution in [0.1, 0.15) is 22.3 Å². The first-order chi connectivity index (χ1) is 14.8. The molecule has 2 aromatic carbocycles. The van der Waals surface area contributed by atoms with E-state index >= 15 is 0 Å². The Morgan fingerprint density at radius 2 is 1.84 bits per heavy atom. The number of thiazole rings is 1. The number of likely N-dealkylation sites (N-methyl/N-ethyl adjacent to an activating group) is 1. The molecule has 1 heterocycles. The summed E-state index contributed by atoms with van der Waals surface area (Å²) in [6.45, 7) is 7.06. The van der Waals surface area contributed by atoms with Crippen LogP contribution < -0.4 is 14.8 Å². The van der Waals surface area contributed by atoms with Crippen molar-refractivity contribution in [2.45, 2.75) is 27.3 Å². The van der Waals surface area contributed by atoms with Crippen LogP contribution in [0.2, 0.25) is 0 Å². The maximum atomic E-state index is 12.6. The predicted molar refractivity (Wildman–Crippen MR) is 126 cm³/mol. The van der Waals surface area contributed by atoms with Crippen LogP contribution in [0.25, 0.3) is 11.3 Å². The monoisotopic (exact) mass is 439 g/mol. The number of anilines is 1. The van der Waals surface area contributed by atoms with Crippen LogP contribution in [0.5, 0.6) is 11.5 Å². The van der Waals surface area contributed by atoms with Crippen molar-refractivity contribution in [1.29, 1.82) is 0 Å². The molecule has 0 radical (unpaired) electrons. The van der Waals surface area contributed by atoms with Gasteiger partial charge in [-0.2, -0.15) is 0 Å². The molecule has 6 nitrogen and oxygen atoms in total. The predicted octanol–water partition coefficient (Wildman–Crippen LogP) is 4.82. The Morgan fingerprint density at radius 3 is 2.48 bits per heavy atom. The number of ether oxygens (including phenoxy) is 2. The summed E-state index contributed by atoms with van der Waals surface area (Å²) >= 11 is 1.44. The van der Waals surface area contributed by atoms with Gasteiger partial charge in [-0.25, -0.2) is 4.98 Å². The van der Waals surface area contributed by atoms with Crippen molar-refractivity contribution in [1.82, 2.24) is 9.88 Å². The molecule has 1 aromatic heterocycles. The normalized spacial score (nSPS) is 10.9. The average Bonchev–Trinajstić information content (AvgIpc) is 3.14. The molecule has 3 rings (SSSR count). The molecule has 0 saturated heterocycles. The molecule has 0 aliphatic carbocycles. The lowest BCUT2D eigenvalue weighted by molar-refractivity contribution is -0.117. The van der Waals surface area contributed by atoms with Gasteiger partial charge in [-0.3, -0.25) is 9.69 Å². The Balaban J connectivity index is 1.65. The van der Waals surface area contributed by atoms with Crippen LogP contribution in [0.15, 0.2) is 35.7 Å². The quantitative estimate of drug-likeness (QED) is 0.545. The minimum absolute atomic E-state index is 0.109. The molecular weight excluding hydrogens is 410 g/mol. The minimum Gasteiger partial charge on any atom is -0.493 e. The number of aromatic nitrogens is 1. The topological polar surface area (TPSA) is 63.7 Å². The highest BCUT2D eigenvalue weighted by Gasteiger charge is 2.15. The van der Waals surface area contributed by atoms with Gasteiger partial charge >= 0.3 is 0 Å². The number of amides is 1. The van der Waals surface area contributed by atoms with Crippen LogP contribution in [0, 0.1) is 20.8 Å². The zero-order chi connectivity index (χ0) is 22.5. The molecule has 3 aromatic rings. The molecule has 164 valence electrons. The molecule has 0 aliphatic rings. The Bertz CT molecular complexity index is 1050. The number of para-hydroxylation sites is 1. The Hall–Kier alpha value is -2.90. The molecule has 0 aliphatic heterocycles. The van der Waals surface area contributed by atoms with E-state index in [-0.39, 0.29) is 12.5 Å². The number of rotatable bonds is 8. The summed E-state index contributed by atoms with van der Waals surface area (Å²) in [7, 11) is 5.12. The van der Waals surface area contributed by atoms with Gasteiger partial charge in [-0.1, -0.05) is 29.8 Å². The molecular formula is C24H29N3O3S. The second kappa shape index (κ2) is 9.94. The summed E-state index contributed by atoms with van der Waals surface area (Å²) in [6.07, 6.45) is 0. The molecule has 0 unspecified atom stereocenters. The van der Waals surface area contributed by atoms with Gasteiger partial charge in [0.25, 0.3) is 0 Å². The minimum atomic E-state index is -0.109. The number of carbonyl (C=O) groups is 1. The summed E-state index contributed by atoms with van der Waals surface area (Å²) in [5, 5.41) is 5.52. The molecule has 31 heavy (non-hydrogen) atoms. The average molecular weight is 440 g/mol. The fourth-order valence-electron chi connectivity index (χ4n) is 3.86. The number of benzene rings is 2. The summed E-state index contributed by atoms with van der Waals surface area (Å²) in [6, 6.07) is 10.0. The van der Waals surface area contributed by atoms with Crippen LogP contribution in [-0.4, -0.2) is 43.6 Å². The van der Waals surface area contributed by atoms with Crippen molar-refractivity contribution in [3.63, 3.8) is 0 Å². The van der Waals surface area contributed by atoms with E-state index in [0.29, 0.717) is 23.2 Å². The number of hydrogen-bond acceptors (Lipinski definition) is 6. The van der Waals surface area contributed by atoms with Crippen LogP contribution in [0.4, 0.5) is 5.13 Å². The molecule has 0 saturated carbocycles. The Kier molecular flexibility index (Phi) is 7.30. The number of nitrogens with zero attached hydrogens (tertiary/aromatic N) is 2. The van der Waals surface area contributed by atoms with E-state index in [9.17, 15) is 4.79 Å². The smallest absolute Gasteiger partial charge is 0.240 e. The number of methoxy groups -OCH3 is 2. The highest BCUT2D eigenvalue weighted by atomic mass is 32.1. The van der Waals surface area contributed by atoms with E-state index in [4.69, 9.17) is 9.47 Å². The summed E-state index contributed by atoms with van der Waals surface area (Å²) in [5.41, 5.74) is 6.59. The third-order valence-electron chi connectivity index (χ3n) is 5.02. The van der Waals surface area contributed by atoms with E-state index in [2.05, 4.69) is 43.2 Å². The van der Waals surface area contributed by atoms with Crippen molar-refractivity contribution in [3.8, 4) is 22.8 Å². The molecule has 0 bridgehead atoms. The zero-order valence-corrected chi connectivity index (χ0v) is 19.7. The van der Waals surface area contributed by atoms with Gasteiger partial charge in [0.05, 0.1) is 26.5 Å².